The Balaban J connectivity index is 1.76. The van der Waals surface area contributed by atoms with Crippen molar-refractivity contribution < 1.29 is 17.9 Å². The molecule has 0 radical (unpaired) electrons. The minimum absolute atomic E-state index is 0.0763. The minimum atomic E-state index is -3.76. The van der Waals surface area contributed by atoms with E-state index in [4.69, 9.17) is 4.74 Å². The van der Waals surface area contributed by atoms with Gasteiger partial charge in [-0.15, -0.1) is 10.2 Å². The van der Waals surface area contributed by atoms with Gasteiger partial charge >= 0.3 is 5.97 Å². The zero-order valence-corrected chi connectivity index (χ0v) is 16.0. The Bertz CT molecular complexity index is 1080. The Kier molecular flexibility index (Phi) is 5.55. The molecule has 0 bridgehead atoms. The molecule has 3 aromatic rings. The van der Waals surface area contributed by atoms with Gasteiger partial charge in [-0.25, -0.2) is 13.2 Å². The molecule has 2 aromatic carbocycles. The molecule has 0 spiro atoms. The predicted octanol–water partition coefficient (Wildman–Crippen LogP) is 3.12. The van der Waals surface area contributed by atoms with Gasteiger partial charge in [0.1, 0.15) is 0 Å². The number of para-hydroxylation sites is 1. The van der Waals surface area contributed by atoms with Crippen LogP contribution in [0.3, 0.4) is 0 Å². The monoisotopic (exact) mass is 398 g/mol. The number of hydrogen-bond donors (Lipinski definition) is 2. The summed E-state index contributed by atoms with van der Waals surface area (Å²) in [6.07, 6.45) is 0. The standard InChI is InChI=1S/C19H18N4O4S/c1-13-7-9-14(10-8-13)28(25,26)23-18-12-11-17(21-22-18)20-16-6-4-3-5-15(16)19(24)27-2/h3-12H,1-2H3,(H,20,21)(H,22,23). The van der Waals surface area contributed by atoms with Crippen molar-refractivity contribution in [3.05, 3.63) is 71.8 Å². The lowest BCUT2D eigenvalue weighted by molar-refractivity contribution is 0.0602. The van der Waals surface area contributed by atoms with Crippen LogP contribution in [-0.2, 0) is 14.8 Å². The molecule has 0 aliphatic carbocycles. The molecule has 28 heavy (non-hydrogen) atoms. The number of benzene rings is 2. The predicted molar refractivity (Wildman–Crippen MR) is 105 cm³/mol. The van der Waals surface area contributed by atoms with Gasteiger partial charge in [-0.1, -0.05) is 29.8 Å². The van der Waals surface area contributed by atoms with E-state index in [0.717, 1.165) is 5.56 Å². The molecule has 9 heteroatoms. The Labute approximate surface area is 162 Å². The average molecular weight is 398 g/mol. The van der Waals surface area contributed by atoms with Crippen LogP contribution in [0.1, 0.15) is 15.9 Å². The van der Waals surface area contributed by atoms with Gasteiger partial charge in [0.25, 0.3) is 10.0 Å². The normalized spacial score (nSPS) is 10.9. The summed E-state index contributed by atoms with van der Waals surface area (Å²) in [4.78, 5) is 11.9. The summed E-state index contributed by atoms with van der Waals surface area (Å²) in [6, 6.07) is 16.3. The van der Waals surface area contributed by atoms with Gasteiger partial charge in [0.05, 0.1) is 23.3 Å². The summed E-state index contributed by atoms with van der Waals surface area (Å²) >= 11 is 0. The van der Waals surface area contributed by atoms with Gasteiger partial charge in [0.2, 0.25) is 0 Å². The van der Waals surface area contributed by atoms with Crippen LogP contribution in [0.2, 0.25) is 0 Å². The second kappa shape index (κ2) is 8.05. The Hall–Kier alpha value is -3.46. The summed E-state index contributed by atoms with van der Waals surface area (Å²) < 4.78 is 31.9. The van der Waals surface area contributed by atoms with Crippen molar-refractivity contribution in [2.75, 3.05) is 17.1 Å². The van der Waals surface area contributed by atoms with Crippen molar-refractivity contribution in [3.8, 4) is 0 Å². The number of aromatic nitrogens is 2. The maximum absolute atomic E-state index is 12.4. The Morgan fingerprint density at radius 2 is 1.57 bits per heavy atom. The maximum Gasteiger partial charge on any atom is 0.339 e. The number of aryl methyl sites for hydroxylation is 1. The molecule has 0 amide bonds. The number of hydrogen-bond acceptors (Lipinski definition) is 7. The van der Waals surface area contributed by atoms with E-state index in [1.165, 1.54) is 25.3 Å². The second-order valence-electron chi connectivity index (χ2n) is 5.88. The molecule has 0 saturated carbocycles. The lowest BCUT2D eigenvalue weighted by Crippen LogP contribution is -2.14. The van der Waals surface area contributed by atoms with E-state index >= 15 is 0 Å². The first-order valence-electron chi connectivity index (χ1n) is 8.26. The molecular formula is C19H18N4O4S. The van der Waals surface area contributed by atoms with Crippen molar-refractivity contribution in [3.63, 3.8) is 0 Å². The second-order valence-corrected chi connectivity index (χ2v) is 7.57. The lowest BCUT2D eigenvalue weighted by Gasteiger charge is -2.10. The third-order valence-corrected chi connectivity index (χ3v) is 5.20. The molecule has 0 fully saturated rings. The average Bonchev–Trinajstić information content (AvgIpc) is 2.69. The summed E-state index contributed by atoms with van der Waals surface area (Å²) in [7, 11) is -2.46. The molecule has 0 atom stereocenters. The lowest BCUT2D eigenvalue weighted by atomic mass is 10.2. The third-order valence-electron chi connectivity index (χ3n) is 3.83. The summed E-state index contributed by atoms with van der Waals surface area (Å²) in [6.45, 7) is 1.87. The van der Waals surface area contributed by atoms with Crippen LogP contribution in [0.5, 0.6) is 0 Å². The minimum Gasteiger partial charge on any atom is -0.465 e. The van der Waals surface area contributed by atoms with Crippen molar-refractivity contribution >= 4 is 33.3 Å². The van der Waals surface area contributed by atoms with Crippen molar-refractivity contribution in [1.82, 2.24) is 10.2 Å². The number of carbonyl (C=O) groups is 1. The van der Waals surface area contributed by atoms with Crippen LogP contribution in [0, 0.1) is 6.92 Å². The Morgan fingerprint density at radius 3 is 2.21 bits per heavy atom. The van der Waals surface area contributed by atoms with E-state index in [1.807, 2.05) is 6.92 Å². The van der Waals surface area contributed by atoms with E-state index in [0.29, 0.717) is 17.1 Å². The van der Waals surface area contributed by atoms with Gasteiger partial charge in [-0.2, -0.15) is 0 Å². The van der Waals surface area contributed by atoms with Crippen molar-refractivity contribution in [1.29, 1.82) is 0 Å². The third kappa shape index (κ3) is 4.44. The molecule has 0 saturated heterocycles. The van der Waals surface area contributed by atoms with Crippen LogP contribution in [0.15, 0.2) is 65.6 Å². The number of esters is 1. The number of sulfonamides is 1. The largest absolute Gasteiger partial charge is 0.465 e. The van der Waals surface area contributed by atoms with Crippen molar-refractivity contribution in [2.24, 2.45) is 0 Å². The SMILES string of the molecule is COC(=O)c1ccccc1Nc1ccc(NS(=O)(=O)c2ccc(C)cc2)nn1. The molecular weight excluding hydrogens is 380 g/mol. The molecule has 8 nitrogen and oxygen atoms in total. The first-order chi connectivity index (χ1) is 13.4. The zero-order valence-electron chi connectivity index (χ0n) is 15.2. The van der Waals surface area contributed by atoms with E-state index < -0.39 is 16.0 Å². The van der Waals surface area contributed by atoms with E-state index in [-0.39, 0.29) is 10.7 Å². The number of carbonyl (C=O) groups excluding carboxylic acids is 1. The topological polar surface area (TPSA) is 110 Å². The maximum atomic E-state index is 12.4. The number of ether oxygens (including phenoxy) is 1. The van der Waals surface area contributed by atoms with E-state index in [2.05, 4.69) is 20.2 Å². The van der Waals surface area contributed by atoms with E-state index in [1.54, 1.807) is 42.5 Å². The summed E-state index contributed by atoms with van der Waals surface area (Å²) in [5.74, 6) is -0.0689. The number of nitrogens with zero attached hydrogens (tertiary/aromatic N) is 2. The van der Waals surface area contributed by atoms with Crippen LogP contribution >= 0.6 is 0 Å². The highest BCUT2D eigenvalue weighted by molar-refractivity contribution is 7.92. The quantitative estimate of drug-likeness (QED) is 0.614. The smallest absolute Gasteiger partial charge is 0.339 e. The van der Waals surface area contributed by atoms with Crippen LogP contribution in [0.4, 0.5) is 17.3 Å². The highest BCUT2D eigenvalue weighted by Crippen LogP contribution is 2.21. The molecule has 0 aliphatic rings. The number of anilines is 3. The van der Waals surface area contributed by atoms with Gasteiger partial charge in [-0.3, -0.25) is 4.72 Å². The summed E-state index contributed by atoms with van der Waals surface area (Å²) in [5, 5.41) is 10.8. The van der Waals surface area contributed by atoms with Gasteiger partial charge < -0.3 is 10.1 Å². The molecule has 2 N–H and O–H groups in total. The number of nitrogens with one attached hydrogen (secondary N) is 2. The van der Waals surface area contributed by atoms with Crippen LogP contribution in [0.25, 0.3) is 0 Å². The molecule has 0 aliphatic heterocycles. The molecule has 1 heterocycles. The first-order valence-corrected chi connectivity index (χ1v) is 9.75. The first kappa shape index (κ1) is 19.3. The number of methoxy groups -OCH3 is 1. The zero-order chi connectivity index (χ0) is 20.1. The Morgan fingerprint density at radius 1 is 0.929 bits per heavy atom. The van der Waals surface area contributed by atoms with Crippen LogP contribution < -0.4 is 10.0 Å². The van der Waals surface area contributed by atoms with Crippen LogP contribution in [-0.4, -0.2) is 31.7 Å². The number of rotatable bonds is 6. The summed E-state index contributed by atoms with van der Waals surface area (Å²) in [5.41, 5.74) is 1.80. The fraction of sp³-hybridized carbons (Fsp3) is 0.105. The molecule has 144 valence electrons. The highest BCUT2D eigenvalue weighted by Gasteiger charge is 2.15. The van der Waals surface area contributed by atoms with Gasteiger partial charge in [-0.05, 0) is 43.3 Å². The van der Waals surface area contributed by atoms with Crippen molar-refractivity contribution in [2.45, 2.75) is 11.8 Å². The molecule has 3 rings (SSSR count). The van der Waals surface area contributed by atoms with Gasteiger partial charge in [0.15, 0.2) is 11.6 Å². The van der Waals surface area contributed by atoms with Gasteiger partial charge in [0, 0.05) is 0 Å². The molecule has 0 unspecified atom stereocenters. The van der Waals surface area contributed by atoms with E-state index in [9.17, 15) is 13.2 Å². The fourth-order valence-electron chi connectivity index (χ4n) is 2.39. The molecule has 1 aromatic heterocycles. The highest BCUT2D eigenvalue weighted by atomic mass is 32.2. The fourth-order valence-corrected chi connectivity index (χ4v) is 3.38.